The molecular weight excluding hydrogens is 536 g/mol. The number of amides is 2. The zero-order valence-corrected chi connectivity index (χ0v) is 22.0. The summed E-state index contributed by atoms with van der Waals surface area (Å²) in [4.78, 5) is 54.2. The van der Waals surface area contributed by atoms with Crippen LogP contribution in [-0.4, -0.2) is 43.1 Å². The van der Waals surface area contributed by atoms with Crippen LogP contribution in [0.3, 0.4) is 0 Å². The second-order valence-electron chi connectivity index (χ2n) is 8.97. The molecule has 2 aromatic carbocycles. The normalized spacial score (nSPS) is 16.0. The van der Waals surface area contributed by atoms with Crippen LogP contribution in [0.1, 0.15) is 23.2 Å². The highest BCUT2D eigenvalue weighted by molar-refractivity contribution is 8.13. The zero-order chi connectivity index (χ0) is 26.9. The number of benzene rings is 2. The highest BCUT2D eigenvalue weighted by Gasteiger charge is 2.42. The fourth-order valence-corrected chi connectivity index (χ4v) is 5.47. The van der Waals surface area contributed by atoms with Crippen LogP contribution in [0.5, 0.6) is 0 Å². The quantitative estimate of drug-likeness (QED) is 0.387. The minimum atomic E-state index is -0.860. The summed E-state index contributed by atoms with van der Waals surface area (Å²) in [6, 6.07) is 20.9. The Morgan fingerprint density at radius 3 is 2.67 bits per heavy atom. The van der Waals surface area contributed by atoms with Crippen molar-refractivity contribution in [2.75, 3.05) is 0 Å². The summed E-state index contributed by atoms with van der Waals surface area (Å²) < 4.78 is 1.38. The molecule has 0 aliphatic carbocycles. The number of nitrogens with one attached hydrogen (secondary N) is 1. The van der Waals surface area contributed by atoms with Crippen molar-refractivity contribution < 1.29 is 9.59 Å². The number of fused-ring (bicyclic) bond motifs is 4. The minimum absolute atomic E-state index is 0.0721. The number of nitrogens with zero attached hydrogens (tertiary/aromatic N) is 5. The van der Waals surface area contributed by atoms with Gasteiger partial charge in [-0.1, -0.05) is 65.8 Å². The molecule has 39 heavy (non-hydrogen) atoms. The van der Waals surface area contributed by atoms with Crippen LogP contribution in [0.25, 0.3) is 5.65 Å². The molecule has 1 unspecified atom stereocenters. The Hall–Kier alpha value is -4.28. The molecule has 9 nitrogen and oxygen atoms in total. The van der Waals surface area contributed by atoms with Crippen molar-refractivity contribution in [2.24, 2.45) is 9.98 Å². The number of pyridine rings is 1. The van der Waals surface area contributed by atoms with Crippen LogP contribution in [0.4, 0.5) is 5.69 Å². The van der Waals surface area contributed by atoms with Gasteiger partial charge in [-0.25, -0.2) is 14.9 Å². The third-order valence-electron chi connectivity index (χ3n) is 6.28. The van der Waals surface area contributed by atoms with Gasteiger partial charge in [-0.2, -0.15) is 0 Å². The number of aromatic nitrogens is 2. The first kappa shape index (κ1) is 25.0. The number of thioether (sulfide) groups is 1. The van der Waals surface area contributed by atoms with E-state index in [-0.39, 0.29) is 23.8 Å². The maximum atomic E-state index is 13.5. The fraction of sp³-hybridized carbons (Fsp3) is 0.143. The van der Waals surface area contributed by atoms with E-state index in [0.29, 0.717) is 45.4 Å². The summed E-state index contributed by atoms with van der Waals surface area (Å²) in [7, 11) is 0. The topological polar surface area (TPSA) is 108 Å². The van der Waals surface area contributed by atoms with Gasteiger partial charge >= 0.3 is 0 Å². The molecule has 2 aromatic heterocycles. The van der Waals surface area contributed by atoms with Crippen molar-refractivity contribution in [3.8, 4) is 0 Å². The van der Waals surface area contributed by atoms with Gasteiger partial charge in [-0.05, 0) is 29.8 Å². The van der Waals surface area contributed by atoms with Crippen molar-refractivity contribution in [1.82, 2.24) is 19.6 Å². The van der Waals surface area contributed by atoms with E-state index in [1.807, 2.05) is 54.6 Å². The number of rotatable bonds is 6. The SMILES string of the molecule is O=C(CC1N=C2c3ccccc3N=C(SCc3cc(=O)n4cc(Cl)ccc4n3)N2C1=O)NCc1ccccc1. The Labute approximate surface area is 232 Å². The maximum absolute atomic E-state index is 13.5. The Bertz CT molecular complexity index is 1740. The average Bonchev–Trinajstić information content (AvgIpc) is 3.27. The van der Waals surface area contributed by atoms with Crippen LogP contribution in [0.2, 0.25) is 5.02 Å². The first-order valence-electron chi connectivity index (χ1n) is 12.2. The van der Waals surface area contributed by atoms with E-state index in [1.54, 1.807) is 12.1 Å². The molecule has 1 N–H and O–H groups in total. The first-order chi connectivity index (χ1) is 19.0. The van der Waals surface area contributed by atoms with E-state index < -0.39 is 6.04 Å². The lowest BCUT2D eigenvalue weighted by Gasteiger charge is -2.25. The Kier molecular flexibility index (Phi) is 6.72. The van der Waals surface area contributed by atoms with E-state index in [2.05, 4.69) is 15.3 Å². The van der Waals surface area contributed by atoms with Gasteiger partial charge in [-0.15, -0.1) is 0 Å². The lowest BCUT2D eigenvalue weighted by Crippen LogP contribution is -2.42. The zero-order valence-electron chi connectivity index (χ0n) is 20.5. The number of halogens is 1. The Morgan fingerprint density at radius 2 is 1.82 bits per heavy atom. The molecule has 2 amide bonds. The van der Waals surface area contributed by atoms with Crippen molar-refractivity contribution in [2.45, 2.75) is 24.8 Å². The lowest BCUT2D eigenvalue weighted by atomic mass is 10.1. The Balaban J connectivity index is 1.22. The molecule has 0 spiro atoms. The number of carbonyl (C=O) groups is 2. The summed E-state index contributed by atoms with van der Waals surface area (Å²) in [5.74, 6) is 0.188. The third kappa shape index (κ3) is 5.08. The number of amidine groups is 2. The van der Waals surface area contributed by atoms with Gasteiger partial charge in [0.05, 0.1) is 22.8 Å². The van der Waals surface area contributed by atoms with E-state index in [4.69, 9.17) is 16.6 Å². The van der Waals surface area contributed by atoms with E-state index in [9.17, 15) is 14.4 Å². The largest absolute Gasteiger partial charge is 0.352 e. The van der Waals surface area contributed by atoms with Gasteiger partial charge in [0.1, 0.15) is 17.5 Å². The summed E-state index contributed by atoms with van der Waals surface area (Å²) >= 11 is 7.29. The first-order valence-corrected chi connectivity index (χ1v) is 13.5. The molecular formula is C28H21ClN6O3S. The monoisotopic (exact) mass is 556 g/mol. The van der Waals surface area contributed by atoms with Crippen molar-refractivity contribution in [3.63, 3.8) is 0 Å². The van der Waals surface area contributed by atoms with Gasteiger partial charge in [0, 0.05) is 30.1 Å². The minimum Gasteiger partial charge on any atom is -0.352 e. The third-order valence-corrected chi connectivity index (χ3v) is 7.48. The second-order valence-corrected chi connectivity index (χ2v) is 10.3. The highest BCUT2D eigenvalue weighted by atomic mass is 35.5. The van der Waals surface area contributed by atoms with Crippen LogP contribution < -0.4 is 10.9 Å². The molecule has 0 saturated heterocycles. The van der Waals surface area contributed by atoms with Gasteiger partial charge in [0.25, 0.3) is 11.5 Å². The van der Waals surface area contributed by atoms with Crippen molar-refractivity contribution >= 4 is 57.5 Å². The number of aliphatic imine (C=N–C) groups is 2. The van der Waals surface area contributed by atoms with Gasteiger partial charge in [0.2, 0.25) is 5.91 Å². The maximum Gasteiger partial charge on any atom is 0.259 e. The van der Waals surface area contributed by atoms with Gasteiger partial charge in [-0.3, -0.25) is 23.8 Å². The molecule has 0 radical (unpaired) electrons. The van der Waals surface area contributed by atoms with E-state index in [1.165, 1.54) is 33.3 Å². The molecule has 0 saturated carbocycles. The predicted molar refractivity (Wildman–Crippen MR) is 151 cm³/mol. The lowest BCUT2D eigenvalue weighted by molar-refractivity contribution is -0.128. The fourth-order valence-electron chi connectivity index (χ4n) is 4.41. The number of hydrogen-bond donors (Lipinski definition) is 1. The van der Waals surface area contributed by atoms with Crippen LogP contribution in [0, 0.1) is 0 Å². The van der Waals surface area contributed by atoms with E-state index in [0.717, 1.165) is 11.1 Å². The molecule has 6 rings (SSSR count). The highest BCUT2D eigenvalue weighted by Crippen LogP contribution is 2.34. The van der Waals surface area contributed by atoms with Crippen LogP contribution in [0.15, 0.2) is 93.8 Å². The van der Waals surface area contributed by atoms with E-state index >= 15 is 0 Å². The van der Waals surface area contributed by atoms with Gasteiger partial charge in [0.15, 0.2) is 5.17 Å². The molecule has 2 aliphatic rings. The molecule has 0 bridgehead atoms. The second kappa shape index (κ2) is 10.5. The molecule has 11 heteroatoms. The predicted octanol–water partition coefficient (Wildman–Crippen LogP) is 3.95. The summed E-state index contributed by atoms with van der Waals surface area (Å²) in [6.45, 7) is 0.372. The molecule has 1 atom stereocenters. The number of carbonyl (C=O) groups excluding carboxylic acids is 2. The van der Waals surface area contributed by atoms with Crippen LogP contribution in [-0.2, 0) is 21.9 Å². The molecule has 4 heterocycles. The standard InChI is InChI=1S/C28H21ClN6O3S/c29-18-10-11-23-31-19(12-25(37)34(23)15-18)16-39-28-33-21-9-5-4-8-20(21)26-32-22(27(38)35(26)28)13-24(36)30-14-17-6-2-1-3-7-17/h1-12,15,22H,13-14,16H2,(H,30,36). The summed E-state index contributed by atoms with van der Waals surface area (Å²) in [5.41, 5.74) is 3.13. The molecule has 0 fully saturated rings. The summed E-state index contributed by atoms with van der Waals surface area (Å²) in [5, 5.41) is 3.72. The van der Waals surface area contributed by atoms with Crippen molar-refractivity contribution in [1.29, 1.82) is 0 Å². The number of para-hydroxylation sites is 1. The summed E-state index contributed by atoms with van der Waals surface area (Å²) in [6.07, 6.45) is 1.45. The van der Waals surface area contributed by atoms with Crippen molar-refractivity contribution in [3.05, 3.63) is 111 Å². The smallest absolute Gasteiger partial charge is 0.259 e. The van der Waals surface area contributed by atoms with Crippen LogP contribution >= 0.6 is 23.4 Å². The molecule has 4 aromatic rings. The molecule has 2 aliphatic heterocycles. The van der Waals surface area contributed by atoms with Gasteiger partial charge < -0.3 is 5.32 Å². The molecule has 194 valence electrons. The number of hydrogen-bond acceptors (Lipinski definition) is 7. The Morgan fingerprint density at radius 1 is 1.03 bits per heavy atom. The average molecular weight is 557 g/mol.